The lowest BCUT2D eigenvalue weighted by atomic mass is 9.99. The van der Waals surface area contributed by atoms with Crippen LogP contribution in [0.1, 0.15) is 17.5 Å². The minimum Gasteiger partial charge on any atom is -0.327 e. The van der Waals surface area contributed by atoms with Gasteiger partial charge in [0.1, 0.15) is 5.82 Å². The third-order valence-corrected chi connectivity index (χ3v) is 2.29. The van der Waals surface area contributed by atoms with Crippen molar-refractivity contribution in [2.45, 2.75) is 32.0 Å². The maximum Gasteiger partial charge on any atom is 0.390 e. The van der Waals surface area contributed by atoms with Crippen LogP contribution in [0.3, 0.4) is 0 Å². The van der Waals surface area contributed by atoms with E-state index in [9.17, 15) is 17.6 Å². The van der Waals surface area contributed by atoms with Crippen molar-refractivity contribution in [3.63, 3.8) is 0 Å². The molecule has 0 spiro atoms. The number of halogens is 4. The highest BCUT2D eigenvalue weighted by Crippen LogP contribution is 2.23. The Bertz CT molecular complexity index is 359. The molecule has 0 fully saturated rings. The molecule has 1 unspecified atom stereocenters. The van der Waals surface area contributed by atoms with Gasteiger partial charge in [0, 0.05) is 6.04 Å². The molecule has 2 N–H and O–H groups in total. The number of rotatable bonds is 3. The Morgan fingerprint density at radius 2 is 1.94 bits per heavy atom. The van der Waals surface area contributed by atoms with Gasteiger partial charge in [-0.2, -0.15) is 13.2 Å². The van der Waals surface area contributed by atoms with Crippen LogP contribution in [0.15, 0.2) is 18.2 Å². The Balaban J connectivity index is 2.69. The summed E-state index contributed by atoms with van der Waals surface area (Å²) >= 11 is 0. The predicted octanol–water partition coefficient (Wildman–Crippen LogP) is 2.96. The van der Waals surface area contributed by atoms with Gasteiger partial charge in [0.25, 0.3) is 0 Å². The first-order chi connectivity index (χ1) is 7.28. The van der Waals surface area contributed by atoms with Crippen molar-refractivity contribution >= 4 is 0 Å². The Morgan fingerprint density at radius 1 is 1.31 bits per heavy atom. The fourth-order valence-electron chi connectivity index (χ4n) is 1.51. The molecule has 0 aromatic heterocycles. The fourth-order valence-corrected chi connectivity index (χ4v) is 1.51. The summed E-state index contributed by atoms with van der Waals surface area (Å²) in [4.78, 5) is 0. The molecular weight excluding hydrogens is 222 g/mol. The maximum atomic E-state index is 12.9. The smallest absolute Gasteiger partial charge is 0.327 e. The third kappa shape index (κ3) is 4.18. The quantitative estimate of drug-likeness (QED) is 0.801. The van der Waals surface area contributed by atoms with E-state index in [1.807, 2.05) is 0 Å². The average molecular weight is 235 g/mol. The molecule has 1 atom stereocenters. The summed E-state index contributed by atoms with van der Waals surface area (Å²) in [5.74, 6) is -0.459. The lowest BCUT2D eigenvalue weighted by Crippen LogP contribution is -2.29. The largest absolute Gasteiger partial charge is 0.390 e. The third-order valence-electron chi connectivity index (χ3n) is 2.29. The normalized spacial score (nSPS) is 13.9. The zero-order valence-corrected chi connectivity index (χ0v) is 8.81. The molecule has 0 radical (unpaired) electrons. The van der Waals surface area contributed by atoms with Gasteiger partial charge in [-0.3, -0.25) is 0 Å². The average Bonchev–Trinajstić information content (AvgIpc) is 2.08. The van der Waals surface area contributed by atoms with Crippen molar-refractivity contribution in [3.8, 4) is 0 Å². The monoisotopic (exact) mass is 235 g/mol. The number of nitrogens with two attached hydrogens (primary N) is 1. The van der Waals surface area contributed by atoms with E-state index in [0.29, 0.717) is 5.56 Å². The van der Waals surface area contributed by atoms with E-state index in [0.717, 1.165) is 5.56 Å². The van der Waals surface area contributed by atoms with Gasteiger partial charge in [0.2, 0.25) is 0 Å². The number of benzene rings is 1. The van der Waals surface area contributed by atoms with Crippen molar-refractivity contribution in [3.05, 3.63) is 35.1 Å². The summed E-state index contributed by atoms with van der Waals surface area (Å²) in [5.41, 5.74) is 6.64. The SMILES string of the molecule is Cc1ccc(F)cc1CC(N)CC(F)(F)F. The molecule has 90 valence electrons. The van der Waals surface area contributed by atoms with Crippen LogP contribution in [0, 0.1) is 12.7 Å². The first-order valence-corrected chi connectivity index (χ1v) is 4.85. The number of aryl methyl sites for hydroxylation is 1. The summed E-state index contributed by atoms with van der Waals surface area (Å²) in [6.07, 6.45) is -5.30. The van der Waals surface area contributed by atoms with Crippen molar-refractivity contribution < 1.29 is 17.6 Å². The van der Waals surface area contributed by atoms with Gasteiger partial charge >= 0.3 is 6.18 Å². The topological polar surface area (TPSA) is 26.0 Å². The summed E-state index contributed by atoms with van der Waals surface area (Å²) < 4.78 is 49.0. The zero-order chi connectivity index (χ0) is 12.3. The molecule has 0 aliphatic rings. The highest BCUT2D eigenvalue weighted by Gasteiger charge is 2.30. The predicted molar refractivity (Wildman–Crippen MR) is 53.5 cm³/mol. The Labute approximate surface area is 91.3 Å². The molecular formula is C11H13F4N. The number of hydrogen-bond acceptors (Lipinski definition) is 1. The Hall–Kier alpha value is -1.10. The van der Waals surface area contributed by atoms with E-state index in [1.165, 1.54) is 18.2 Å². The van der Waals surface area contributed by atoms with Gasteiger partial charge < -0.3 is 5.73 Å². The highest BCUT2D eigenvalue weighted by molar-refractivity contribution is 5.27. The second-order valence-electron chi connectivity index (χ2n) is 3.85. The molecule has 0 aliphatic carbocycles. The van der Waals surface area contributed by atoms with Crippen LogP contribution in [0.25, 0.3) is 0 Å². The molecule has 0 saturated carbocycles. The summed E-state index contributed by atoms with van der Waals surface area (Å²) in [7, 11) is 0. The van der Waals surface area contributed by atoms with E-state index < -0.39 is 24.5 Å². The molecule has 0 amide bonds. The van der Waals surface area contributed by atoms with Gasteiger partial charge in [-0.05, 0) is 36.6 Å². The van der Waals surface area contributed by atoms with Gasteiger partial charge in [-0.1, -0.05) is 6.07 Å². The Morgan fingerprint density at radius 3 is 2.50 bits per heavy atom. The first kappa shape index (κ1) is 13.0. The minimum absolute atomic E-state index is 0.0309. The van der Waals surface area contributed by atoms with Crippen LogP contribution in [0.2, 0.25) is 0 Å². The molecule has 1 nitrogen and oxygen atoms in total. The van der Waals surface area contributed by atoms with E-state index in [-0.39, 0.29) is 6.42 Å². The van der Waals surface area contributed by atoms with Crippen molar-refractivity contribution in [2.75, 3.05) is 0 Å². The summed E-state index contributed by atoms with van der Waals surface area (Å²) in [6, 6.07) is 3.01. The van der Waals surface area contributed by atoms with Gasteiger partial charge in [0.05, 0.1) is 6.42 Å². The minimum atomic E-state index is -4.28. The summed E-state index contributed by atoms with van der Waals surface area (Å²) in [5, 5.41) is 0. The van der Waals surface area contributed by atoms with E-state index in [4.69, 9.17) is 5.73 Å². The molecule has 1 aromatic carbocycles. The second kappa shape index (κ2) is 4.82. The number of hydrogen-bond donors (Lipinski definition) is 1. The van der Waals surface area contributed by atoms with Crippen molar-refractivity contribution in [1.82, 2.24) is 0 Å². The number of alkyl halides is 3. The van der Waals surface area contributed by atoms with E-state index >= 15 is 0 Å². The molecule has 1 aromatic rings. The van der Waals surface area contributed by atoms with Crippen LogP contribution in [0.5, 0.6) is 0 Å². The fraction of sp³-hybridized carbons (Fsp3) is 0.455. The Kier molecular flexibility index (Phi) is 3.91. The van der Waals surface area contributed by atoms with E-state index in [1.54, 1.807) is 6.92 Å². The van der Waals surface area contributed by atoms with Crippen LogP contribution in [0.4, 0.5) is 17.6 Å². The molecule has 0 heterocycles. The van der Waals surface area contributed by atoms with Crippen LogP contribution in [-0.2, 0) is 6.42 Å². The summed E-state index contributed by atoms with van der Waals surface area (Å²) in [6.45, 7) is 1.72. The molecule has 5 heteroatoms. The first-order valence-electron chi connectivity index (χ1n) is 4.85. The lowest BCUT2D eigenvalue weighted by molar-refractivity contribution is -0.138. The van der Waals surface area contributed by atoms with Gasteiger partial charge in [-0.25, -0.2) is 4.39 Å². The molecule has 1 rings (SSSR count). The maximum absolute atomic E-state index is 12.9. The van der Waals surface area contributed by atoms with Crippen LogP contribution < -0.4 is 5.73 Å². The second-order valence-corrected chi connectivity index (χ2v) is 3.85. The van der Waals surface area contributed by atoms with Crippen molar-refractivity contribution in [1.29, 1.82) is 0 Å². The van der Waals surface area contributed by atoms with Crippen LogP contribution >= 0.6 is 0 Å². The lowest BCUT2D eigenvalue weighted by Gasteiger charge is -2.15. The van der Waals surface area contributed by atoms with Gasteiger partial charge in [0.15, 0.2) is 0 Å². The molecule has 0 saturated heterocycles. The molecule has 0 bridgehead atoms. The van der Waals surface area contributed by atoms with Gasteiger partial charge in [-0.15, -0.1) is 0 Å². The zero-order valence-electron chi connectivity index (χ0n) is 8.81. The van der Waals surface area contributed by atoms with Crippen molar-refractivity contribution in [2.24, 2.45) is 5.73 Å². The molecule has 0 aliphatic heterocycles. The highest BCUT2D eigenvalue weighted by atomic mass is 19.4. The van der Waals surface area contributed by atoms with E-state index in [2.05, 4.69) is 0 Å². The standard InChI is InChI=1S/C11H13F4N/c1-7-2-3-9(12)4-8(7)5-10(16)6-11(13,14)15/h2-4,10H,5-6,16H2,1H3. The van der Waals surface area contributed by atoms with Crippen LogP contribution in [-0.4, -0.2) is 12.2 Å². The molecule has 16 heavy (non-hydrogen) atoms.